The van der Waals surface area contributed by atoms with E-state index in [1.54, 1.807) is 6.07 Å². The van der Waals surface area contributed by atoms with Gasteiger partial charge >= 0.3 is 5.88 Å². The number of hydrogen-bond donors (Lipinski definition) is 1. The predicted octanol–water partition coefficient (Wildman–Crippen LogP) is 3.04. The van der Waals surface area contributed by atoms with Crippen LogP contribution in [-0.4, -0.2) is 15.7 Å². The minimum absolute atomic E-state index is 0.0716. The number of fused-ring (bicyclic) bond motifs is 1. The fourth-order valence-corrected chi connectivity index (χ4v) is 2.00. The summed E-state index contributed by atoms with van der Waals surface area (Å²) in [5.74, 6) is -1.91. The number of carbonyl (C=O) groups is 1. The summed E-state index contributed by atoms with van der Waals surface area (Å²) in [6.07, 6.45) is 1.35. The number of nitrogens with zero attached hydrogens (tertiary/aromatic N) is 1. The van der Waals surface area contributed by atoms with Crippen LogP contribution in [0.15, 0.2) is 40.9 Å². The van der Waals surface area contributed by atoms with Gasteiger partial charge in [-0.1, -0.05) is 6.07 Å². The van der Waals surface area contributed by atoms with Crippen LogP contribution >= 0.6 is 0 Å². The van der Waals surface area contributed by atoms with Gasteiger partial charge in [-0.25, -0.2) is 4.39 Å². The lowest BCUT2D eigenvalue weighted by molar-refractivity contribution is -0.402. The molecule has 20 heavy (non-hydrogen) atoms. The van der Waals surface area contributed by atoms with E-state index >= 15 is 0 Å². The Hall–Kier alpha value is -2.96. The monoisotopic (exact) mass is 274 g/mol. The van der Waals surface area contributed by atoms with Crippen molar-refractivity contribution >= 4 is 22.6 Å². The van der Waals surface area contributed by atoms with Gasteiger partial charge in [0.2, 0.25) is 5.78 Å². The second-order valence-corrected chi connectivity index (χ2v) is 4.09. The Kier molecular flexibility index (Phi) is 2.60. The van der Waals surface area contributed by atoms with Gasteiger partial charge in [0.15, 0.2) is 5.76 Å². The first-order valence-corrected chi connectivity index (χ1v) is 5.62. The first-order valence-electron chi connectivity index (χ1n) is 5.62. The van der Waals surface area contributed by atoms with Crippen LogP contribution in [0.25, 0.3) is 10.9 Å². The number of H-pyrrole nitrogens is 1. The maximum absolute atomic E-state index is 13.8. The number of hydrogen-bond acceptors (Lipinski definition) is 4. The molecule has 0 radical (unpaired) electrons. The van der Waals surface area contributed by atoms with Crippen LogP contribution in [0.5, 0.6) is 0 Å². The Labute approximate surface area is 111 Å². The van der Waals surface area contributed by atoms with Gasteiger partial charge in [-0.2, -0.15) is 0 Å². The highest BCUT2D eigenvalue weighted by molar-refractivity contribution is 6.15. The van der Waals surface area contributed by atoms with Gasteiger partial charge in [0.1, 0.15) is 10.7 Å². The number of furan rings is 1. The lowest BCUT2D eigenvalue weighted by atomic mass is 10.1. The molecule has 0 fully saturated rings. The summed E-state index contributed by atoms with van der Waals surface area (Å²) < 4.78 is 18.6. The van der Waals surface area contributed by atoms with E-state index in [9.17, 15) is 19.3 Å². The minimum Gasteiger partial charge on any atom is -0.397 e. The molecule has 0 amide bonds. The fourth-order valence-electron chi connectivity index (χ4n) is 2.00. The molecular weight excluding hydrogens is 267 g/mol. The quantitative estimate of drug-likeness (QED) is 0.451. The van der Waals surface area contributed by atoms with Gasteiger partial charge in [-0.3, -0.25) is 14.9 Å². The highest BCUT2D eigenvalue weighted by atomic mass is 19.1. The van der Waals surface area contributed by atoms with Gasteiger partial charge in [0.25, 0.3) is 0 Å². The van der Waals surface area contributed by atoms with E-state index in [0.29, 0.717) is 5.52 Å². The number of aromatic amines is 1. The molecular formula is C13H7FN2O4. The normalized spacial score (nSPS) is 10.8. The smallest absolute Gasteiger partial charge is 0.397 e. The number of nitrogens with one attached hydrogen (secondary N) is 1. The van der Waals surface area contributed by atoms with E-state index in [4.69, 9.17) is 4.42 Å². The van der Waals surface area contributed by atoms with Crippen molar-refractivity contribution < 1.29 is 18.5 Å². The summed E-state index contributed by atoms with van der Waals surface area (Å²) in [4.78, 5) is 24.8. The molecule has 0 bridgehead atoms. The molecule has 100 valence electrons. The van der Waals surface area contributed by atoms with E-state index in [2.05, 4.69) is 4.98 Å². The maximum atomic E-state index is 13.8. The highest BCUT2D eigenvalue weighted by Crippen LogP contribution is 2.25. The molecule has 0 unspecified atom stereocenters. The van der Waals surface area contributed by atoms with Crippen molar-refractivity contribution in [2.75, 3.05) is 0 Å². The minimum atomic E-state index is -0.743. The molecule has 6 nitrogen and oxygen atoms in total. The van der Waals surface area contributed by atoms with E-state index < -0.39 is 22.4 Å². The van der Waals surface area contributed by atoms with Crippen LogP contribution in [0, 0.1) is 15.9 Å². The molecule has 1 N–H and O–H groups in total. The Bertz CT molecular complexity index is 834. The molecule has 0 aliphatic heterocycles. The van der Waals surface area contributed by atoms with Gasteiger partial charge < -0.3 is 9.40 Å². The van der Waals surface area contributed by atoms with Gasteiger partial charge in [-0.15, -0.1) is 0 Å². The van der Waals surface area contributed by atoms with Crippen LogP contribution in [0.3, 0.4) is 0 Å². The number of nitro groups is 1. The molecule has 0 saturated heterocycles. The van der Waals surface area contributed by atoms with Gasteiger partial charge in [-0.05, 0) is 18.2 Å². The largest absolute Gasteiger partial charge is 0.433 e. The van der Waals surface area contributed by atoms with Crippen molar-refractivity contribution in [3.8, 4) is 0 Å². The molecule has 2 heterocycles. The highest BCUT2D eigenvalue weighted by Gasteiger charge is 2.22. The van der Waals surface area contributed by atoms with Crippen LogP contribution in [0.4, 0.5) is 10.3 Å². The third-order valence-corrected chi connectivity index (χ3v) is 2.90. The van der Waals surface area contributed by atoms with Crippen molar-refractivity contribution in [1.29, 1.82) is 0 Å². The molecule has 7 heteroatoms. The predicted molar refractivity (Wildman–Crippen MR) is 67.1 cm³/mol. The zero-order valence-corrected chi connectivity index (χ0v) is 9.92. The van der Waals surface area contributed by atoms with E-state index in [-0.39, 0.29) is 16.7 Å². The molecule has 0 aliphatic carbocycles. The van der Waals surface area contributed by atoms with Crippen LogP contribution in [0.1, 0.15) is 16.1 Å². The molecule has 3 aromatic rings. The lowest BCUT2D eigenvalue weighted by Gasteiger charge is -1.96. The Morgan fingerprint density at radius 3 is 2.80 bits per heavy atom. The SMILES string of the molecule is O=C(c1ccc([N+](=O)[O-])o1)c1c[nH]c2cccc(F)c12. The summed E-state index contributed by atoms with van der Waals surface area (Å²) in [6.45, 7) is 0. The molecule has 2 aromatic heterocycles. The topological polar surface area (TPSA) is 89.1 Å². The van der Waals surface area contributed by atoms with Crippen molar-refractivity contribution in [1.82, 2.24) is 4.98 Å². The second kappa shape index (κ2) is 4.30. The first-order chi connectivity index (χ1) is 9.58. The molecule has 0 saturated carbocycles. The van der Waals surface area contributed by atoms with Crippen molar-refractivity contribution in [3.05, 3.63) is 63.8 Å². The summed E-state index contributed by atoms with van der Waals surface area (Å²) in [5.41, 5.74) is 0.539. The maximum Gasteiger partial charge on any atom is 0.433 e. The number of carbonyl (C=O) groups excluding carboxylic acids is 1. The molecule has 0 aliphatic rings. The number of halogens is 1. The molecule has 1 aromatic carbocycles. The zero-order valence-electron chi connectivity index (χ0n) is 9.92. The Morgan fingerprint density at radius 2 is 2.10 bits per heavy atom. The van der Waals surface area contributed by atoms with Crippen molar-refractivity contribution in [2.45, 2.75) is 0 Å². The van der Waals surface area contributed by atoms with Crippen molar-refractivity contribution in [3.63, 3.8) is 0 Å². The average Bonchev–Trinajstić information content (AvgIpc) is 3.05. The molecule has 0 spiro atoms. The molecule has 3 rings (SSSR count). The Morgan fingerprint density at radius 1 is 1.30 bits per heavy atom. The average molecular weight is 274 g/mol. The van der Waals surface area contributed by atoms with Crippen LogP contribution in [-0.2, 0) is 0 Å². The van der Waals surface area contributed by atoms with Crippen LogP contribution < -0.4 is 0 Å². The second-order valence-electron chi connectivity index (χ2n) is 4.09. The number of rotatable bonds is 3. The molecule has 0 atom stereocenters. The summed E-state index contributed by atoms with van der Waals surface area (Å²) in [6, 6.07) is 6.65. The number of aromatic nitrogens is 1. The van der Waals surface area contributed by atoms with Crippen LogP contribution in [0.2, 0.25) is 0 Å². The zero-order chi connectivity index (χ0) is 14.3. The summed E-state index contributed by atoms with van der Waals surface area (Å²) >= 11 is 0. The third-order valence-electron chi connectivity index (χ3n) is 2.90. The van der Waals surface area contributed by atoms with Gasteiger partial charge in [0, 0.05) is 17.1 Å². The Balaban J connectivity index is 2.10. The lowest BCUT2D eigenvalue weighted by Crippen LogP contribution is -1.99. The van der Waals surface area contributed by atoms with E-state index in [0.717, 1.165) is 6.07 Å². The fraction of sp³-hybridized carbons (Fsp3) is 0. The first kappa shape index (κ1) is 12.1. The van der Waals surface area contributed by atoms with E-state index in [1.165, 1.54) is 24.4 Å². The summed E-state index contributed by atoms with van der Waals surface area (Å²) in [5, 5.41) is 10.7. The third kappa shape index (κ3) is 1.76. The van der Waals surface area contributed by atoms with E-state index in [1.807, 2.05) is 0 Å². The van der Waals surface area contributed by atoms with Gasteiger partial charge in [0.05, 0.1) is 11.6 Å². The number of benzene rings is 1. The summed E-state index contributed by atoms with van der Waals surface area (Å²) in [7, 11) is 0. The number of ketones is 1. The van der Waals surface area contributed by atoms with Crippen molar-refractivity contribution in [2.24, 2.45) is 0 Å². The standard InChI is InChI=1S/C13H7FN2O4/c14-8-2-1-3-9-12(8)7(6-15-9)13(17)10-4-5-11(20-10)16(18)19/h1-6,15H.